The highest BCUT2D eigenvalue weighted by molar-refractivity contribution is 7.98. The maximum absolute atomic E-state index is 14.1. The predicted molar refractivity (Wildman–Crippen MR) is 169 cm³/mol. The molecule has 0 saturated heterocycles. The summed E-state index contributed by atoms with van der Waals surface area (Å²) in [5.41, 5.74) is 1.16. The Morgan fingerprint density at radius 1 is 0.929 bits per heavy atom. The molecule has 1 atom stereocenters. The summed E-state index contributed by atoms with van der Waals surface area (Å²) >= 11 is 1.51. The molecule has 0 aliphatic rings. The summed E-state index contributed by atoms with van der Waals surface area (Å²) in [4.78, 5) is 29.9. The van der Waals surface area contributed by atoms with Crippen LogP contribution in [0.2, 0.25) is 0 Å². The van der Waals surface area contributed by atoms with Crippen molar-refractivity contribution < 1.29 is 22.7 Å². The first-order valence-electron chi connectivity index (χ1n) is 14.3. The van der Waals surface area contributed by atoms with Gasteiger partial charge in [0.1, 0.15) is 18.3 Å². The van der Waals surface area contributed by atoms with Crippen molar-refractivity contribution in [2.45, 2.75) is 62.4 Å². The molecule has 3 rings (SSSR count). The number of nitrogens with zero attached hydrogens (tertiary/aromatic N) is 2. The molecule has 1 N–H and O–H groups in total. The smallest absolute Gasteiger partial charge is 0.264 e. The fraction of sp³-hybridized carbons (Fsp3) is 0.375. The molecule has 226 valence electrons. The number of sulfonamides is 1. The second-order valence-electron chi connectivity index (χ2n) is 9.69. The fourth-order valence-corrected chi connectivity index (χ4v) is 6.31. The van der Waals surface area contributed by atoms with Crippen molar-refractivity contribution in [2.24, 2.45) is 0 Å². The number of unbranched alkanes of at least 4 members (excludes halogenated alkanes) is 1. The van der Waals surface area contributed by atoms with Gasteiger partial charge >= 0.3 is 0 Å². The van der Waals surface area contributed by atoms with Crippen molar-refractivity contribution in [3.8, 4) is 5.75 Å². The van der Waals surface area contributed by atoms with Crippen molar-refractivity contribution in [3.05, 3.63) is 84.4 Å². The van der Waals surface area contributed by atoms with Crippen LogP contribution in [0.4, 0.5) is 5.69 Å². The molecule has 0 radical (unpaired) electrons. The minimum Gasteiger partial charge on any atom is -0.494 e. The van der Waals surface area contributed by atoms with Crippen LogP contribution in [0.25, 0.3) is 0 Å². The summed E-state index contributed by atoms with van der Waals surface area (Å²) in [6, 6.07) is 21.8. The van der Waals surface area contributed by atoms with Crippen LogP contribution in [0.5, 0.6) is 5.75 Å². The Balaban J connectivity index is 2.03. The van der Waals surface area contributed by atoms with E-state index in [0.29, 0.717) is 31.0 Å². The van der Waals surface area contributed by atoms with Gasteiger partial charge in [0, 0.05) is 18.0 Å². The largest absolute Gasteiger partial charge is 0.494 e. The quantitative estimate of drug-likeness (QED) is 0.164. The van der Waals surface area contributed by atoms with Gasteiger partial charge in [0.2, 0.25) is 11.8 Å². The van der Waals surface area contributed by atoms with Gasteiger partial charge in [-0.25, -0.2) is 8.42 Å². The summed E-state index contributed by atoms with van der Waals surface area (Å²) in [6.07, 6.45) is 4.05. The van der Waals surface area contributed by atoms with Crippen LogP contribution < -0.4 is 14.4 Å². The van der Waals surface area contributed by atoms with Crippen molar-refractivity contribution >= 4 is 39.3 Å². The van der Waals surface area contributed by atoms with Crippen LogP contribution in [-0.2, 0) is 26.2 Å². The molecule has 0 bridgehead atoms. The number of thioether (sulfide) groups is 1. The lowest BCUT2D eigenvalue weighted by atomic mass is 10.1. The number of carbonyl (C=O) groups excluding carboxylic acids is 2. The van der Waals surface area contributed by atoms with E-state index in [2.05, 4.69) is 5.32 Å². The first-order valence-corrected chi connectivity index (χ1v) is 16.9. The number of anilines is 1. The van der Waals surface area contributed by atoms with Crippen LogP contribution in [0.1, 0.15) is 45.6 Å². The summed E-state index contributed by atoms with van der Waals surface area (Å²) in [5, 5.41) is 2.95. The molecule has 0 unspecified atom stereocenters. The Kier molecular flexibility index (Phi) is 12.7. The van der Waals surface area contributed by atoms with Gasteiger partial charge in [0.05, 0.1) is 17.2 Å². The van der Waals surface area contributed by atoms with Crippen LogP contribution in [-0.4, -0.2) is 57.1 Å². The molecule has 2 amide bonds. The van der Waals surface area contributed by atoms with E-state index >= 15 is 0 Å². The zero-order valence-corrected chi connectivity index (χ0v) is 26.4. The van der Waals surface area contributed by atoms with Gasteiger partial charge in [-0.2, -0.15) is 0 Å². The first kappa shape index (κ1) is 33.0. The molecule has 3 aromatic carbocycles. The number of carbonyl (C=O) groups is 2. The molecule has 0 spiro atoms. The van der Waals surface area contributed by atoms with E-state index < -0.39 is 28.5 Å². The van der Waals surface area contributed by atoms with E-state index in [-0.39, 0.29) is 17.3 Å². The maximum atomic E-state index is 14.1. The molecule has 10 heteroatoms. The normalized spacial score (nSPS) is 11.9. The van der Waals surface area contributed by atoms with Crippen molar-refractivity contribution in [1.82, 2.24) is 10.2 Å². The van der Waals surface area contributed by atoms with Crippen LogP contribution in [0.3, 0.4) is 0 Å². The van der Waals surface area contributed by atoms with Crippen molar-refractivity contribution in [2.75, 3.05) is 30.3 Å². The minimum absolute atomic E-state index is 0.0703. The average molecular weight is 612 g/mol. The zero-order chi connectivity index (χ0) is 30.5. The second-order valence-corrected chi connectivity index (χ2v) is 12.4. The highest BCUT2D eigenvalue weighted by Gasteiger charge is 2.33. The summed E-state index contributed by atoms with van der Waals surface area (Å²) in [7, 11) is -4.14. The van der Waals surface area contributed by atoms with Crippen LogP contribution in [0.15, 0.2) is 88.7 Å². The molecular formula is C32H41N3O5S2. The lowest BCUT2D eigenvalue weighted by Crippen LogP contribution is -2.52. The monoisotopic (exact) mass is 611 g/mol. The minimum atomic E-state index is -4.14. The maximum Gasteiger partial charge on any atom is 0.264 e. The van der Waals surface area contributed by atoms with E-state index in [1.165, 1.54) is 16.7 Å². The molecule has 0 aromatic heterocycles. The summed E-state index contributed by atoms with van der Waals surface area (Å²) < 4.78 is 34.7. The number of ether oxygens (including phenoxy) is 1. The molecule has 0 heterocycles. The first-order chi connectivity index (χ1) is 20.2. The topological polar surface area (TPSA) is 96.0 Å². The van der Waals surface area contributed by atoms with E-state index in [9.17, 15) is 18.0 Å². The molecule has 0 aliphatic heterocycles. The third-order valence-electron chi connectivity index (χ3n) is 6.77. The number of hydrogen-bond acceptors (Lipinski definition) is 6. The van der Waals surface area contributed by atoms with Crippen molar-refractivity contribution in [3.63, 3.8) is 0 Å². The van der Waals surface area contributed by atoms with Crippen molar-refractivity contribution in [1.29, 1.82) is 0 Å². The Bertz CT molecular complexity index is 1380. The predicted octanol–water partition coefficient (Wildman–Crippen LogP) is 5.73. The number of benzene rings is 3. The van der Waals surface area contributed by atoms with Gasteiger partial charge in [-0.15, -0.1) is 11.8 Å². The zero-order valence-electron chi connectivity index (χ0n) is 24.8. The molecule has 0 saturated carbocycles. The Labute approximate surface area is 254 Å². The van der Waals surface area contributed by atoms with E-state index in [1.54, 1.807) is 48.5 Å². The van der Waals surface area contributed by atoms with E-state index in [4.69, 9.17) is 4.74 Å². The van der Waals surface area contributed by atoms with E-state index in [0.717, 1.165) is 27.6 Å². The van der Waals surface area contributed by atoms with Crippen LogP contribution in [0, 0.1) is 0 Å². The third-order valence-corrected chi connectivity index (χ3v) is 9.30. The van der Waals surface area contributed by atoms with Gasteiger partial charge in [0.15, 0.2) is 0 Å². The van der Waals surface area contributed by atoms with Gasteiger partial charge in [-0.3, -0.25) is 13.9 Å². The van der Waals surface area contributed by atoms with Gasteiger partial charge < -0.3 is 15.0 Å². The molecule has 42 heavy (non-hydrogen) atoms. The number of hydrogen-bond donors (Lipinski definition) is 1. The standard InChI is InChI=1S/C32H41N3O5S2/c1-5-8-22-33-32(37)30(6-2)34(23-25-12-10-9-11-13-25)31(36)24-35(26-14-16-27(17-15-26)40-7-3)42(38,39)29-20-18-28(41-4)19-21-29/h9-21,30H,5-8,22-24H2,1-4H3,(H,33,37)/t30-/m0/s1. The lowest BCUT2D eigenvalue weighted by Gasteiger charge is -2.33. The van der Waals surface area contributed by atoms with Gasteiger partial charge in [-0.05, 0) is 80.1 Å². The second kappa shape index (κ2) is 16.2. The number of rotatable bonds is 16. The molecule has 0 aliphatic carbocycles. The molecule has 3 aromatic rings. The Morgan fingerprint density at radius 3 is 2.17 bits per heavy atom. The Morgan fingerprint density at radius 2 is 1.60 bits per heavy atom. The SMILES string of the molecule is CCCCNC(=O)[C@H](CC)N(Cc1ccccc1)C(=O)CN(c1ccc(OCC)cc1)S(=O)(=O)c1ccc(SC)cc1. The molecule has 8 nitrogen and oxygen atoms in total. The molecule has 0 fully saturated rings. The lowest BCUT2D eigenvalue weighted by molar-refractivity contribution is -0.140. The van der Waals surface area contributed by atoms with Gasteiger partial charge in [-0.1, -0.05) is 50.6 Å². The highest BCUT2D eigenvalue weighted by Crippen LogP contribution is 2.28. The number of amides is 2. The number of nitrogens with one attached hydrogen (secondary N) is 1. The van der Waals surface area contributed by atoms with Gasteiger partial charge in [0.25, 0.3) is 10.0 Å². The fourth-order valence-electron chi connectivity index (χ4n) is 4.48. The average Bonchev–Trinajstić information content (AvgIpc) is 3.01. The third kappa shape index (κ3) is 8.75. The summed E-state index contributed by atoms with van der Waals surface area (Å²) in [6.45, 7) is 6.42. The Hall–Kier alpha value is -3.50. The summed E-state index contributed by atoms with van der Waals surface area (Å²) in [5.74, 6) is -0.136. The van der Waals surface area contributed by atoms with Crippen LogP contribution >= 0.6 is 11.8 Å². The molecular weight excluding hydrogens is 571 g/mol. The highest BCUT2D eigenvalue weighted by atomic mass is 32.2. The van der Waals surface area contributed by atoms with E-state index in [1.807, 2.05) is 57.4 Å².